The van der Waals surface area contributed by atoms with E-state index in [9.17, 15) is 9.59 Å². The Morgan fingerprint density at radius 3 is 2.86 bits per heavy atom. The van der Waals surface area contributed by atoms with Crippen molar-refractivity contribution < 1.29 is 14.3 Å². The zero-order chi connectivity index (χ0) is 20.0. The van der Waals surface area contributed by atoms with E-state index >= 15 is 0 Å². The third-order valence-electron chi connectivity index (χ3n) is 4.66. The van der Waals surface area contributed by atoms with Crippen LogP contribution in [-0.4, -0.2) is 27.5 Å². The molecule has 0 radical (unpaired) electrons. The van der Waals surface area contributed by atoms with Gasteiger partial charge >= 0.3 is 0 Å². The molecule has 9 heteroatoms. The number of hydrogen-bond acceptors (Lipinski definition) is 7. The zero-order valence-corrected chi connectivity index (χ0v) is 17.5. The van der Waals surface area contributed by atoms with E-state index in [0.29, 0.717) is 32.6 Å². The molecule has 28 heavy (non-hydrogen) atoms. The van der Waals surface area contributed by atoms with Gasteiger partial charge in [0.05, 0.1) is 10.6 Å². The molecule has 1 N–H and O–H groups in total. The van der Waals surface area contributed by atoms with Crippen molar-refractivity contribution in [2.24, 2.45) is 7.05 Å². The second kappa shape index (κ2) is 7.14. The Labute approximate surface area is 169 Å². The Morgan fingerprint density at radius 2 is 2.07 bits per heavy atom. The molecule has 0 aliphatic carbocycles. The number of aryl methyl sites for hydroxylation is 2. The first kappa shape index (κ1) is 18.8. The van der Waals surface area contributed by atoms with Crippen LogP contribution in [0.2, 0.25) is 0 Å². The van der Waals surface area contributed by atoms with E-state index in [-0.39, 0.29) is 18.3 Å². The molecule has 4 rings (SSSR count). The number of nitrogens with zero attached hydrogens (tertiary/aromatic N) is 2. The molecule has 1 aliphatic rings. The summed E-state index contributed by atoms with van der Waals surface area (Å²) in [5.41, 5.74) is 1.51. The molecule has 0 unspecified atom stereocenters. The molecule has 0 saturated heterocycles. The minimum Gasteiger partial charge on any atom is -0.454 e. The van der Waals surface area contributed by atoms with Gasteiger partial charge in [-0.3, -0.25) is 14.2 Å². The van der Waals surface area contributed by atoms with E-state index in [1.807, 2.05) is 13.8 Å². The van der Waals surface area contributed by atoms with Crippen LogP contribution in [0, 0.1) is 13.8 Å². The summed E-state index contributed by atoms with van der Waals surface area (Å²) in [5, 5.41) is 3.61. The Hall–Kier alpha value is -2.52. The second-order valence-corrected chi connectivity index (χ2v) is 9.05. The third kappa shape index (κ3) is 3.24. The maximum atomic E-state index is 12.7. The molecule has 1 aliphatic heterocycles. The van der Waals surface area contributed by atoms with Gasteiger partial charge in [-0.15, -0.1) is 11.3 Å². The number of amides is 1. The molecule has 3 aromatic rings. The average Bonchev–Trinajstić information content (AvgIpc) is 3.23. The molecule has 0 spiro atoms. The molecule has 1 amide bonds. The Bertz CT molecular complexity index is 1150. The van der Waals surface area contributed by atoms with Gasteiger partial charge in [0.2, 0.25) is 12.7 Å². The number of hydrogen-bond donors (Lipinski definition) is 1. The van der Waals surface area contributed by atoms with Crippen LogP contribution in [0.4, 0.5) is 5.69 Å². The largest absolute Gasteiger partial charge is 0.454 e. The number of fused-ring (bicyclic) bond motifs is 2. The monoisotopic (exact) mass is 417 g/mol. The summed E-state index contributed by atoms with van der Waals surface area (Å²) in [6, 6.07) is 5.26. The fraction of sp³-hybridized carbons (Fsp3) is 0.316. The molecular formula is C19H19N3O4S2. The van der Waals surface area contributed by atoms with Crippen molar-refractivity contribution in [3.8, 4) is 11.5 Å². The highest BCUT2D eigenvalue weighted by Gasteiger charge is 2.21. The number of nitrogens with one attached hydrogen (secondary N) is 1. The first-order chi connectivity index (χ1) is 13.3. The number of ether oxygens (including phenoxy) is 2. The van der Waals surface area contributed by atoms with Crippen LogP contribution in [-0.2, 0) is 11.8 Å². The summed E-state index contributed by atoms with van der Waals surface area (Å²) in [5.74, 6) is 1.09. The van der Waals surface area contributed by atoms with E-state index in [2.05, 4.69) is 10.3 Å². The highest BCUT2D eigenvalue weighted by atomic mass is 32.2. The zero-order valence-electron chi connectivity index (χ0n) is 15.9. The van der Waals surface area contributed by atoms with Crippen molar-refractivity contribution in [3.05, 3.63) is 39.0 Å². The average molecular weight is 418 g/mol. The van der Waals surface area contributed by atoms with Crippen molar-refractivity contribution in [2.75, 3.05) is 12.1 Å². The topological polar surface area (TPSA) is 82.4 Å². The molecule has 3 heterocycles. The van der Waals surface area contributed by atoms with Gasteiger partial charge in [0.15, 0.2) is 16.7 Å². The van der Waals surface area contributed by atoms with Gasteiger partial charge in [-0.25, -0.2) is 4.98 Å². The molecule has 2 aromatic heterocycles. The molecule has 146 valence electrons. The van der Waals surface area contributed by atoms with Gasteiger partial charge in [-0.1, -0.05) is 11.8 Å². The lowest BCUT2D eigenvalue weighted by molar-refractivity contribution is -0.115. The lowest BCUT2D eigenvalue weighted by Crippen LogP contribution is -2.25. The molecule has 1 aromatic carbocycles. The molecular weight excluding hydrogens is 398 g/mol. The summed E-state index contributed by atoms with van der Waals surface area (Å²) in [4.78, 5) is 31.8. The minimum atomic E-state index is -0.442. The van der Waals surface area contributed by atoms with Crippen LogP contribution in [0.1, 0.15) is 17.4 Å². The summed E-state index contributed by atoms with van der Waals surface area (Å²) in [7, 11) is 1.69. The number of thiophene rings is 1. The maximum Gasteiger partial charge on any atom is 0.262 e. The normalized spacial score (nSPS) is 13.7. The summed E-state index contributed by atoms with van der Waals surface area (Å²) < 4.78 is 12.1. The Balaban J connectivity index is 1.54. The van der Waals surface area contributed by atoms with Crippen molar-refractivity contribution in [1.82, 2.24) is 9.55 Å². The molecule has 0 bridgehead atoms. The number of anilines is 1. The number of carbonyl (C=O) groups excluding carboxylic acids is 1. The lowest BCUT2D eigenvalue weighted by Gasteiger charge is -2.14. The third-order valence-corrected chi connectivity index (χ3v) is 6.91. The highest BCUT2D eigenvalue weighted by molar-refractivity contribution is 8.00. The van der Waals surface area contributed by atoms with Crippen molar-refractivity contribution in [2.45, 2.75) is 31.2 Å². The number of rotatable bonds is 4. The molecule has 0 saturated carbocycles. The van der Waals surface area contributed by atoms with Crippen LogP contribution in [0.5, 0.6) is 11.5 Å². The first-order valence-electron chi connectivity index (χ1n) is 8.69. The van der Waals surface area contributed by atoms with Gasteiger partial charge in [0.1, 0.15) is 4.83 Å². The fourth-order valence-corrected chi connectivity index (χ4v) is 4.84. The van der Waals surface area contributed by atoms with Gasteiger partial charge < -0.3 is 14.8 Å². The quantitative estimate of drug-likeness (QED) is 0.517. The van der Waals surface area contributed by atoms with Crippen molar-refractivity contribution in [1.29, 1.82) is 0 Å². The number of carbonyl (C=O) groups is 1. The second-order valence-electron chi connectivity index (χ2n) is 6.54. The summed E-state index contributed by atoms with van der Waals surface area (Å²) in [6.07, 6.45) is 0. The van der Waals surface area contributed by atoms with E-state index in [4.69, 9.17) is 9.47 Å². The van der Waals surface area contributed by atoms with Gasteiger partial charge in [0.25, 0.3) is 5.56 Å². The molecule has 7 nitrogen and oxygen atoms in total. The predicted molar refractivity (Wildman–Crippen MR) is 111 cm³/mol. The number of benzene rings is 1. The van der Waals surface area contributed by atoms with Crippen molar-refractivity contribution >= 4 is 44.9 Å². The van der Waals surface area contributed by atoms with Crippen LogP contribution in [0.3, 0.4) is 0 Å². The highest BCUT2D eigenvalue weighted by Crippen LogP contribution is 2.34. The van der Waals surface area contributed by atoms with E-state index in [1.54, 1.807) is 32.2 Å². The summed E-state index contributed by atoms with van der Waals surface area (Å²) >= 11 is 2.76. The number of thioether (sulfide) groups is 1. The van der Waals surface area contributed by atoms with Gasteiger partial charge in [0, 0.05) is 23.7 Å². The van der Waals surface area contributed by atoms with E-state index in [0.717, 1.165) is 10.4 Å². The standard InChI is InChI=1S/C19H19N3O4S2/c1-9-10(2)27-17-15(9)18(24)22(4)19(21-17)28-11(3)16(23)20-12-5-6-13-14(7-12)26-8-25-13/h5-7,11H,8H2,1-4H3,(H,20,23)/t11-/m0/s1. The van der Waals surface area contributed by atoms with Gasteiger partial charge in [-0.05, 0) is 38.5 Å². The van der Waals surface area contributed by atoms with Crippen LogP contribution in [0.25, 0.3) is 10.2 Å². The van der Waals surface area contributed by atoms with Crippen LogP contribution >= 0.6 is 23.1 Å². The van der Waals surface area contributed by atoms with Crippen molar-refractivity contribution in [3.63, 3.8) is 0 Å². The minimum absolute atomic E-state index is 0.0854. The van der Waals surface area contributed by atoms with Crippen LogP contribution in [0.15, 0.2) is 28.2 Å². The molecule has 1 atom stereocenters. The molecule has 0 fully saturated rings. The van der Waals surface area contributed by atoms with E-state index in [1.165, 1.54) is 27.7 Å². The maximum absolute atomic E-state index is 12.7. The smallest absolute Gasteiger partial charge is 0.262 e. The fourth-order valence-electron chi connectivity index (χ4n) is 2.89. The predicted octanol–water partition coefficient (Wildman–Crippen LogP) is 3.46. The Morgan fingerprint density at radius 1 is 1.32 bits per heavy atom. The number of aromatic nitrogens is 2. The van der Waals surface area contributed by atoms with Gasteiger partial charge in [-0.2, -0.15) is 0 Å². The SMILES string of the molecule is Cc1sc2nc(S[C@@H](C)C(=O)Nc3ccc4c(c3)OCO4)n(C)c(=O)c2c1C. The first-order valence-corrected chi connectivity index (χ1v) is 10.4. The summed E-state index contributed by atoms with van der Waals surface area (Å²) in [6.45, 7) is 5.89. The van der Waals surface area contributed by atoms with E-state index < -0.39 is 5.25 Å². The van der Waals surface area contributed by atoms with Crippen LogP contribution < -0.4 is 20.3 Å². The Kier molecular flexibility index (Phi) is 4.80. The lowest BCUT2D eigenvalue weighted by atomic mass is 10.2.